The predicted octanol–water partition coefficient (Wildman–Crippen LogP) is 9.98. The highest BCUT2D eigenvalue weighted by molar-refractivity contribution is 7.31. The Balaban J connectivity index is 1.63. The van der Waals surface area contributed by atoms with Crippen molar-refractivity contribution in [3.05, 3.63) is 77.3 Å². The van der Waals surface area contributed by atoms with Crippen molar-refractivity contribution in [2.75, 3.05) is 0 Å². The Morgan fingerprint density at radius 3 is 2.38 bits per heavy atom. The number of aromatic nitrogens is 1. The van der Waals surface area contributed by atoms with E-state index in [2.05, 4.69) is 94.6 Å². The third-order valence-electron chi connectivity index (χ3n) is 6.75. The van der Waals surface area contributed by atoms with Gasteiger partial charge in [0.1, 0.15) is 0 Å². The van der Waals surface area contributed by atoms with Gasteiger partial charge in [-0.15, -0.1) is 22.7 Å². The maximum Gasteiger partial charge on any atom is 0.0880 e. The fourth-order valence-corrected chi connectivity index (χ4v) is 7.72. The minimum Gasteiger partial charge on any atom is -0.255 e. The molecule has 3 heteroatoms. The molecule has 0 fully saturated rings. The molecule has 0 atom stereocenters. The molecular formula is C31H29NS2. The van der Waals surface area contributed by atoms with Crippen molar-refractivity contribution in [1.29, 1.82) is 0 Å². The molecule has 34 heavy (non-hydrogen) atoms. The van der Waals surface area contributed by atoms with E-state index in [0.29, 0.717) is 5.92 Å². The van der Waals surface area contributed by atoms with Crippen LogP contribution in [-0.4, -0.2) is 4.98 Å². The molecule has 1 nitrogen and oxygen atoms in total. The van der Waals surface area contributed by atoms with Gasteiger partial charge in [-0.25, -0.2) is 0 Å². The lowest BCUT2D eigenvalue weighted by atomic mass is 9.82. The van der Waals surface area contributed by atoms with E-state index < -0.39 is 0 Å². The maximum atomic E-state index is 4.94. The Hall–Kier alpha value is -2.75. The zero-order chi connectivity index (χ0) is 23.6. The van der Waals surface area contributed by atoms with Gasteiger partial charge >= 0.3 is 0 Å². The fraction of sp³-hybridized carbons (Fsp3) is 0.258. The van der Waals surface area contributed by atoms with Crippen molar-refractivity contribution in [3.63, 3.8) is 0 Å². The largest absolute Gasteiger partial charge is 0.255 e. The van der Waals surface area contributed by atoms with Crippen LogP contribution in [0.4, 0.5) is 0 Å². The highest BCUT2D eigenvalue weighted by Gasteiger charge is 2.21. The molecule has 0 radical (unpaired) electrons. The van der Waals surface area contributed by atoms with Crippen LogP contribution in [0, 0.1) is 5.92 Å². The summed E-state index contributed by atoms with van der Waals surface area (Å²) >= 11 is 3.81. The lowest BCUT2D eigenvalue weighted by Crippen LogP contribution is -2.12. The molecule has 0 unspecified atom stereocenters. The van der Waals surface area contributed by atoms with Gasteiger partial charge in [0, 0.05) is 22.5 Å². The number of nitrogens with zero attached hydrogens (tertiary/aromatic N) is 1. The lowest BCUT2D eigenvalue weighted by Gasteiger charge is -2.22. The molecule has 0 bridgehead atoms. The summed E-state index contributed by atoms with van der Waals surface area (Å²) in [5.41, 5.74) is 5.22. The zero-order valence-corrected chi connectivity index (χ0v) is 22.0. The summed E-state index contributed by atoms with van der Waals surface area (Å²) in [5.74, 6) is 0.664. The zero-order valence-electron chi connectivity index (χ0n) is 20.4. The molecule has 170 valence electrons. The topological polar surface area (TPSA) is 12.9 Å². The van der Waals surface area contributed by atoms with Crippen LogP contribution in [0.1, 0.15) is 45.7 Å². The molecule has 0 aliphatic rings. The van der Waals surface area contributed by atoms with E-state index in [1.807, 2.05) is 28.9 Å². The van der Waals surface area contributed by atoms with E-state index in [1.54, 1.807) is 0 Å². The Morgan fingerprint density at radius 2 is 1.59 bits per heavy atom. The van der Waals surface area contributed by atoms with Crippen molar-refractivity contribution in [2.45, 2.75) is 46.5 Å². The van der Waals surface area contributed by atoms with Gasteiger partial charge < -0.3 is 0 Å². The SMILES string of the molecule is CC(C)Cc1csc2c1ccc1c3ccnc(-c4cc(C(C)(C)C)c5ccccc5c4)c3sc12. The predicted molar refractivity (Wildman–Crippen MR) is 153 cm³/mol. The Morgan fingerprint density at radius 1 is 0.824 bits per heavy atom. The molecule has 3 aromatic carbocycles. The minimum absolute atomic E-state index is 0.0552. The van der Waals surface area contributed by atoms with Crippen molar-refractivity contribution < 1.29 is 0 Å². The number of hydrogen-bond donors (Lipinski definition) is 0. The smallest absolute Gasteiger partial charge is 0.0880 e. The molecule has 0 aliphatic heterocycles. The van der Waals surface area contributed by atoms with Crippen LogP contribution < -0.4 is 0 Å². The molecule has 3 aromatic heterocycles. The number of fused-ring (bicyclic) bond motifs is 6. The highest BCUT2D eigenvalue weighted by Crippen LogP contribution is 2.45. The average molecular weight is 480 g/mol. The van der Waals surface area contributed by atoms with Crippen molar-refractivity contribution in [1.82, 2.24) is 4.98 Å². The van der Waals surface area contributed by atoms with Crippen LogP contribution in [0.15, 0.2) is 66.2 Å². The van der Waals surface area contributed by atoms with Crippen LogP contribution >= 0.6 is 22.7 Å². The molecule has 0 amide bonds. The number of rotatable bonds is 3. The number of hydrogen-bond acceptors (Lipinski definition) is 3. The Bertz CT molecular complexity index is 1690. The van der Waals surface area contributed by atoms with Gasteiger partial charge in [0.05, 0.1) is 19.8 Å². The van der Waals surface area contributed by atoms with Gasteiger partial charge in [-0.05, 0) is 68.6 Å². The summed E-state index contributed by atoms with van der Waals surface area (Å²) in [6.07, 6.45) is 3.12. The fourth-order valence-electron chi connectivity index (χ4n) is 5.18. The number of pyridine rings is 1. The summed E-state index contributed by atoms with van der Waals surface area (Å²) in [6, 6.07) is 20.3. The van der Waals surface area contributed by atoms with Crippen LogP contribution in [0.5, 0.6) is 0 Å². The Kier molecular flexibility index (Phi) is 5.05. The summed E-state index contributed by atoms with van der Waals surface area (Å²) in [4.78, 5) is 4.94. The van der Waals surface area contributed by atoms with Crippen molar-refractivity contribution >= 4 is 63.7 Å². The van der Waals surface area contributed by atoms with Gasteiger partial charge in [0.2, 0.25) is 0 Å². The maximum absolute atomic E-state index is 4.94. The normalized spacial score (nSPS) is 12.6. The van der Waals surface area contributed by atoms with Crippen molar-refractivity contribution in [3.8, 4) is 11.3 Å². The molecule has 6 rings (SSSR count). The van der Waals surface area contributed by atoms with Crippen LogP contribution in [0.25, 0.3) is 52.3 Å². The Labute approximate surface area is 209 Å². The second-order valence-electron chi connectivity index (χ2n) is 10.8. The molecule has 0 saturated heterocycles. The summed E-state index contributed by atoms with van der Waals surface area (Å²) in [5, 5.41) is 9.08. The standard InChI is InChI=1S/C31H29NS2/c1-18(2)14-21-17-33-29-23(21)10-11-24-25-12-13-32-27(28(25)34-30(24)29)20-15-19-8-6-7-9-22(19)26(16-20)31(3,4)5/h6-13,15-18H,14H2,1-5H3. The third kappa shape index (κ3) is 3.45. The molecule has 0 aliphatic carbocycles. The molecule has 3 heterocycles. The molecule has 0 spiro atoms. The van der Waals surface area contributed by atoms with E-state index in [9.17, 15) is 0 Å². The van der Waals surface area contributed by atoms with Crippen LogP contribution in [0.2, 0.25) is 0 Å². The van der Waals surface area contributed by atoms with Gasteiger partial charge in [-0.2, -0.15) is 0 Å². The lowest BCUT2D eigenvalue weighted by molar-refractivity contribution is 0.596. The van der Waals surface area contributed by atoms with E-state index >= 15 is 0 Å². The number of thiophene rings is 2. The first-order valence-electron chi connectivity index (χ1n) is 12.0. The first-order valence-corrected chi connectivity index (χ1v) is 13.7. The van der Waals surface area contributed by atoms with Crippen LogP contribution in [0.3, 0.4) is 0 Å². The van der Waals surface area contributed by atoms with Gasteiger partial charge in [-0.3, -0.25) is 4.98 Å². The molecule has 6 aromatic rings. The van der Waals surface area contributed by atoms with Crippen molar-refractivity contribution in [2.24, 2.45) is 5.92 Å². The second kappa shape index (κ2) is 7.90. The van der Waals surface area contributed by atoms with E-state index in [-0.39, 0.29) is 5.41 Å². The van der Waals surface area contributed by atoms with Gasteiger partial charge in [0.15, 0.2) is 0 Å². The second-order valence-corrected chi connectivity index (χ2v) is 12.7. The van der Waals surface area contributed by atoms with E-state index in [0.717, 1.165) is 12.1 Å². The monoisotopic (exact) mass is 479 g/mol. The van der Waals surface area contributed by atoms with Crippen LogP contribution in [-0.2, 0) is 11.8 Å². The number of benzene rings is 3. The quantitative estimate of drug-likeness (QED) is 0.246. The highest BCUT2D eigenvalue weighted by atomic mass is 32.1. The molecule has 0 N–H and O–H groups in total. The summed E-state index contributed by atoms with van der Waals surface area (Å²) in [6.45, 7) is 11.5. The first kappa shape index (κ1) is 21.8. The van der Waals surface area contributed by atoms with Gasteiger partial charge in [0.25, 0.3) is 0 Å². The van der Waals surface area contributed by atoms with E-state index in [4.69, 9.17) is 4.98 Å². The molecule has 0 saturated carbocycles. The van der Waals surface area contributed by atoms with E-state index in [1.165, 1.54) is 57.7 Å². The summed E-state index contributed by atoms with van der Waals surface area (Å²) in [7, 11) is 0. The average Bonchev–Trinajstić information content (AvgIpc) is 3.38. The third-order valence-corrected chi connectivity index (χ3v) is 9.18. The summed E-state index contributed by atoms with van der Waals surface area (Å²) < 4.78 is 4.12. The molecular weight excluding hydrogens is 450 g/mol. The van der Waals surface area contributed by atoms with Gasteiger partial charge in [-0.1, -0.05) is 71.0 Å². The minimum atomic E-state index is 0.0552. The first-order chi connectivity index (χ1) is 16.3.